The van der Waals surface area contributed by atoms with Gasteiger partial charge in [0.2, 0.25) is 0 Å². The van der Waals surface area contributed by atoms with Crippen molar-refractivity contribution in [2.24, 2.45) is 40.4 Å². The minimum Gasteiger partial charge on any atom is -0.455 e. The molecule has 0 aromatic heterocycles. The molecule has 0 bridgehead atoms. The maximum absolute atomic E-state index is 13.0. The largest absolute Gasteiger partial charge is 0.455 e. The van der Waals surface area contributed by atoms with Crippen LogP contribution in [0.25, 0.3) is 0 Å². The number of hydrogen-bond donors (Lipinski definition) is 0. The van der Waals surface area contributed by atoms with Crippen LogP contribution < -0.4 is 0 Å². The average molecular weight is 473 g/mol. The zero-order valence-corrected chi connectivity index (χ0v) is 21.3. The molecule has 5 aliphatic rings. The number of fused-ring (bicyclic) bond motifs is 5. The summed E-state index contributed by atoms with van der Waals surface area (Å²) >= 11 is 0. The first-order valence-electron chi connectivity index (χ1n) is 13.9. The van der Waals surface area contributed by atoms with Crippen LogP contribution >= 0.6 is 0 Å². The van der Waals surface area contributed by atoms with Crippen LogP contribution in [0.2, 0.25) is 0 Å². The Morgan fingerprint density at radius 3 is 2.53 bits per heavy atom. The summed E-state index contributed by atoms with van der Waals surface area (Å²) in [5.41, 5.74) is 0.458. The lowest BCUT2D eigenvalue weighted by Gasteiger charge is -2.61. The summed E-state index contributed by atoms with van der Waals surface area (Å²) in [6.45, 7) is 9.13. The van der Waals surface area contributed by atoms with Gasteiger partial charge in [0.25, 0.3) is 0 Å². The molecule has 5 nitrogen and oxygen atoms in total. The van der Waals surface area contributed by atoms with Crippen molar-refractivity contribution in [3.63, 3.8) is 0 Å². The lowest BCUT2D eigenvalue weighted by atomic mass is 9.44. The quantitative estimate of drug-likeness (QED) is 0.275. The third-order valence-corrected chi connectivity index (χ3v) is 11.0. The smallest absolute Gasteiger partial charge is 0.330 e. The fraction of sp³-hybridized carbons (Fsp3) is 0.862. The van der Waals surface area contributed by atoms with Gasteiger partial charge in [-0.25, -0.2) is 4.79 Å². The van der Waals surface area contributed by atoms with Crippen LogP contribution in [0, 0.1) is 40.4 Å². The molecule has 0 amide bonds. The van der Waals surface area contributed by atoms with E-state index >= 15 is 0 Å². The van der Waals surface area contributed by atoms with E-state index in [9.17, 15) is 9.59 Å². The molecule has 0 aromatic rings. The molecule has 1 aliphatic heterocycles. The number of ketones is 1. The molecule has 1 saturated heterocycles. The third-order valence-electron chi connectivity index (χ3n) is 11.0. The number of hydrogen-bond acceptors (Lipinski definition) is 5. The van der Waals surface area contributed by atoms with E-state index in [1.165, 1.54) is 44.9 Å². The van der Waals surface area contributed by atoms with Crippen LogP contribution in [0.4, 0.5) is 0 Å². The summed E-state index contributed by atoms with van der Waals surface area (Å²) < 4.78 is 17.4. The van der Waals surface area contributed by atoms with Gasteiger partial charge in [0, 0.05) is 18.6 Å². The minimum absolute atomic E-state index is 0.0218. The van der Waals surface area contributed by atoms with Gasteiger partial charge in [-0.05, 0) is 112 Å². The second kappa shape index (κ2) is 9.69. The summed E-state index contributed by atoms with van der Waals surface area (Å²) in [5.74, 6) is 2.51. The van der Waals surface area contributed by atoms with Gasteiger partial charge in [0.05, 0.1) is 6.10 Å². The number of ether oxygens (including phenoxy) is 3. The standard InChI is InChI=1S/C29H44O5/c1-4-26(31)33-18-25(30)24-11-10-22-21-9-8-19-17-20(34-27-7-5-6-16-32-27)12-14-28(19,2)23(21)13-15-29(22,24)3/h4,19-24,27H,1,5-18H2,2-3H3/t19-,20+,21-,22-,23+,24+,27-,28-,29-/m0/s1. The molecule has 4 aliphatic carbocycles. The number of carbonyl (C=O) groups is 2. The van der Waals surface area contributed by atoms with Crippen molar-refractivity contribution in [3.8, 4) is 0 Å². The summed E-state index contributed by atoms with van der Waals surface area (Å²) in [4.78, 5) is 24.5. The molecule has 5 rings (SSSR count). The molecule has 0 N–H and O–H groups in total. The normalized spacial score (nSPS) is 46.0. The van der Waals surface area contributed by atoms with Gasteiger partial charge in [0.1, 0.15) is 0 Å². The third kappa shape index (κ3) is 4.30. The molecule has 1 heterocycles. The minimum atomic E-state index is -0.502. The molecule has 34 heavy (non-hydrogen) atoms. The maximum Gasteiger partial charge on any atom is 0.330 e. The molecule has 5 heteroatoms. The zero-order valence-electron chi connectivity index (χ0n) is 21.3. The Morgan fingerprint density at radius 2 is 1.76 bits per heavy atom. The van der Waals surface area contributed by atoms with E-state index in [0.717, 1.165) is 62.5 Å². The van der Waals surface area contributed by atoms with Crippen LogP contribution in [-0.4, -0.2) is 37.4 Å². The second-order valence-corrected chi connectivity index (χ2v) is 12.4. The predicted molar refractivity (Wildman–Crippen MR) is 130 cm³/mol. The van der Waals surface area contributed by atoms with Crippen LogP contribution in [0.3, 0.4) is 0 Å². The Labute approximate surface area is 205 Å². The van der Waals surface area contributed by atoms with Crippen molar-refractivity contribution in [1.29, 1.82) is 0 Å². The van der Waals surface area contributed by atoms with Gasteiger partial charge in [-0.2, -0.15) is 0 Å². The molecular formula is C29H44O5. The van der Waals surface area contributed by atoms with Gasteiger partial charge in [-0.3, -0.25) is 4.79 Å². The maximum atomic E-state index is 13.0. The summed E-state index contributed by atoms with van der Waals surface area (Å²) in [6, 6.07) is 0. The summed E-state index contributed by atoms with van der Waals surface area (Å²) in [6.07, 6.45) is 15.6. The van der Waals surface area contributed by atoms with Crippen LogP contribution in [0.1, 0.15) is 90.9 Å². The van der Waals surface area contributed by atoms with Gasteiger partial charge in [-0.1, -0.05) is 20.4 Å². The average Bonchev–Trinajstić information content (AvgIpc) is 3.20. The summed E-state index contributed by atoms with van der Waals surface area (Å²) in [7, 11) is 0. The van der Waals surface area contributed by atoms with E-state index in [4.69, 9.17) is 14.2 Å². The molecule has 0 spiro atoms. The van der Waals surface area contributed by atoms with Gasteiger partial charge in [-0.15, -0.1) is 0 Å². The van der Waals surface area contributed by atoms with Crippen LogP contribution in [0.5, 0.6) is 0 Å². The van der Waals surface area contributed by atoms with Gasteiger partial charge in [0.15, 0.2) is 18.7 Å². The van der Waals surface area contributed by atoms with Crippen LogP contribution in [-0.2, 0) is 23.8 Å². The van der Waals surface area contributed by atoms with E-state index < -0.39 is 5.97 Å². The number of esters is 1. The predicted octanol–water partition coefficient (Wildman–Crippen LogP) is 5.86. The fourth-order valence-electron chi connectivity index (χ4n) is 9.21. The first-order valence-corrected chi connectivity index (χ1v) is 13.9. The molecular weight excluding hydrogens is 428 g/mol. The monoisotopic (exact) mass is 472 g/mol. The van der Waals surface area contributed by atoms with E-state index in [1.807, 2.05) is 0 Å². The highest BCUT2D eigenvalue weighted by molar-refractivity contribution is 5.88. The van der Waals surface area contributed by atoms with Crippen molar-refractivity contribution >= 4 is 11.8 Å². The van der Waals surface area contributed by atoms with E-state index in [0.29, 0.717) is 17.4 Å². The molecule has 9 atom stereocenters. The second-order valence-electron chi connectivity index (χ2n) is 12.4. The molecule has 0 unspecified atom stereocenters. The van der Waals surface area contributed by atoms with Crippen molar-refractivity contribution in [2.45, 2.75) is 103 Å². The van der Waals surface area contributed by atoms with E-state index in [2.05, 4.69) is 20.4 Å². The Kier molecular flexibility index (Phi) is 6.98. The number of Topliss-reactive ketones (excluding diaryl/α,β-unsaturated/α-hetero) is 1. The fourth-order valence-corrected chi connectivity index (χ4v) is 9.21. The van der Waals surface area contributed by atoms with Crippen molar-refractivity contribution < 1.29 is 23.8 Å². The van der Waals surface area contributed by atoms with Crippen molar-refractivity contribution in [3.05, 3.63) is 12.7 Å². The first-order chi connectivity index (χ1) is 16.3. The zero-order chi connectivity index (χ0) is 23.9. The van der Waals surface area contributed by atoms with E-state index in [1.54, 1.807) is 0 Å². The van der Waals surface area contributed by atoms with Gasteiger partial charge < -0.3 is 14.2 Å². The number of rotatable bonds is 6. The summed E-state index contributed by atoms with van der Waals surface area (Å²) in [5, 5.41) is 0. The Balaban J connectivity index is 1.23. The van der Waals surface area contributed by atoms with Gasteiger partial charge >= 0.3 is 5.97 Å². The molecule has 5 fully saturated rings. The Hall–Kier alpha value is -1.20. The number of carbonyl (C=O) groups excluding carboxylic acids is 2. The lowest BCUT2D eigenvalue weighted by molar-refractivity contribution is -0.212. The van der Waals surface area contributed by atoms with Crippen molar-refractivity contribution in [2.75, 3.05) is 13.2 Å². The molecule has 0 radical (unpaired) electrons. The Bertz CT molecular complexity index is 787. The van der Waals surface area contributed by atoms with Crippen molar-refractivity contribution in [1.82, 2.24) is 0 Å². The SMILES string of the molecule is C=CC(=O)OCC(=O)[C@H]1CC[C@H]2[C@@H]3CC[C@H]4C[C@H](O[C@H]5CCCCO5)CC[C@]4(C)[C@@H]3CC[C@]12C. The molecule has 0 aromatic carbocycles. The Morgan fingerprint density at radius 1 is 0.971 bits per heavy atom. The lowest BCUT2D eigenvalue weighted by Crippen LogP contribution is -2.54. The van der Waals surface area contributed by atoms with E-state index in [-0.39, 0.29) is 30.0 Å². The van der Waals surface area contributed by atoms with Crippen LogP contribution in [0.15, 0.2) is 12.7 Å². The first kappa shape index (κ1) is 24.5. The highest BCUT2D eigenvalue weighted by Crippen LogP contribution is 2.67. The topological polar surface area (TPSA) is 61.8 Å². The molecule has 4 saturated carbocycles. The molecule has 190 valence electrons. The highest BCUT2D eigenvalue weighted by atomic mass is 16.7. The highest BCUT2D eigenvalue weighted by Gasteiger charge is 2.61.